The van der Waals surface area contributed by atoms with Crippen LogP contribution in [-0.4, -0.2) is 52.7 Å². The molecule has 1 aliphatic carbocycles. The zero-order chi connectivity index (χ0) is 23.7. The summed E-state index contributed by atoms with van der Waals surface area (Å²) in [4.78, 5) is 50.6. The van der Waals surface area contributed by atoms with Crippen molar-refractivity contribution in [1.29, 1.82) is 0 Å². The number of hydrogen-bond donors (Lipinski definition) is 1. The first-order chi connectivity index (χ1) is 14.3. The van der Waals surface area contributed by atoms with E-state index in [0.717, 1.165) is 0 Å². The van der Waals surface area contributed by atoms with E-state index in [1.807, 2.05) is 0 Å². The van der Waals surface area contributed by atoms with Crippen LogP contribution in [0.2, 0.25) is 0 Å². The average molecular weight is 439 g/mol. The number of esters is 3. The molecule has 0 unspecified atom stereocenters. The van der Waals surface area contributed by atoms with E-state index in [1.165, 1.54) is 6.92 Å². The van der Waals surface area contributed by atoms with Crippen LogP contribution in [0.15, 0.2) is 12.2 Å². The molecular formula is C23H34O8. The van der Waals surface area contributed by atoms with Gasteiger partial charge in [-0.05, 0) is 26.2 Å². The first-order valence-corrected chi connectivity index (χ1v) is 10.8. The summed E-state index contributed by atoms with van der Waals surface area (Å²) in [6.45, 7) is 13.6. The molecule has 8 nitrogen and oxygen atoms in total. The smallest absolute Gasteiger partial charge is 0.334 e. The first-order valence-electron chi connectivity index (χ1n) is 10.8. The van der Waals surface area contributed by atoms with Gasteiger partial charge in [-0.2, -0.15) is 0 Å². The van der Waals surface area contributed by atoms with Crippen LogP contribution in [-0.2, 0) is 33.4 Å². The van der Waals surface area contributed by atoms with Crippen LogP contribution in [0.25, 0.3) is 0 Å². The molecule has 0 radical (unpaired) electrons. The normalized spacial score (nSPS) is 34.4. The Morgan fingerprint density at radius 1 is 1.13 bits per heavy atom. The van der Waals surface area contributed by atoms with Crippen molar-refractivity contribution in [3.63, 3.8) is 0 Å². The molecule has 2 aliphatic rings. The van der Waals surface area contributed by atoms with Crippen molar-refractivity contribution in [2.75, 3.05) is 0 Å². The standard InChI is InChI=1S/C23H34O8/c1-11(2)20(25)29-17-15-14(6)22(27)30-18(15)19(31-21(26)12(3)4)23(7,28)10-8-9-13(5)16(17)24/h11-13,15,17-19,28H,6,8-10H2,1-5,7H3/t13-,15-,17-,18+,19-,23+/m1/s1. The number of ketones is 1. The van der Waals surface area contributed by atoms with Crippen molar-refractivity contribution in [3.05, 3.63) is 12.2 Å². The van der Waals surface area contributed by atoms with Crippen molar-refractivity contribution in [2.24, 2.45) is 23.7 Å². The van der Waals surface area contributed by atoms with Crippen LogP contribution in [0, 0.1) is 23.7 Å². The van der Waals surface area contributed by atoms with E-state index in [0.29, 0.717) is 12.8 Å². The highest BCUT2D eigenvalue weighted by molar-refractivity contribution is 5.95. The molecule has 0 spiro atoms. The minimum absolute atomic E-state index is 0.0472. The summed E-state index contributed by atoms with van der Waals surface area (Å²) in [5, 5.41) is 11.2. The Balaban J connectivity index is 2.58. The molecule has 0 amide bonds. The van der Waals surface area contributed by atoms with Crippen molar-refractivity contribution in [3.8, 4) is 0 Å². The van der Waals surface area contributed by atoms with E-state index in [9.17, 15) is 24.3 Å². The predicted octanol–water partition coefficient (Wildman–Crippen LogP) is 2.36. The van der Waals surface area contributed by atoms with Gasteiger partial charge in [-0.25, -0.2) is 4.79 Å². The Morgan fingerprint density at radius 3 is 2.23 bits per heavy atom. The lowest BCUT2D eigenvalue weighted by atomic mass is 9.76. The molecule has 0 aromatic heterocycles. The van der Waals surface area contributed by atoms with Crippen molar-refractivity contribution < 1.29 is 38.5 Å². The SMILES string of the molecule is C=C1C(=O)O[C@H]2[C@H]1[C@@H](OC(=O)C(C)C)C(=O)[C@H](C)CCC[C@](C)(O)[C@@H]2OC(=O)C(C)C. The Bertz CT molecular complexity index is 751. The third kappa shape index (κ3) is 5.34. The quantitative estimate of drug-likeness (QED) is 0.404. The maximum Gasteiger partial charge on any atom is 0.334 e. The molecule has 6 atom stereocenters. The molecular weight excluding hydrogens is 404 g/mol. The lowest BCUT2D eigenvalue weighted by molar-refractivity contribution is -0.196. The molecule has 1 aliphatic heterocycles. The Kier molecular flexibility index (Phi) is 7.68. The topological polar surface area (TPSA) is 116 Å². The Labute approximate surface area is 183 Å². The molecule has 8 heteroatoms. The largest absolute Gasteiger partial charge is 0.455 e. The van der Waals surface area contributed by atoms with Gasteiger partial charge < -0.3 is 19.3 Å². The summed E-state index contributed by atoms with van der Waals surface area (Å²) < 4.78 is 16.7. The third-order valence-electron chi connectivity index (χ3n) is 6.01. The summed E-state index contributed by atoms with van der Waals surface area (Å²) in [6, 6.07) is 0. The fraction of sp³-hybridized carbons (Fsp3) is 0.739. The molecule has 2 fully saturated rings. The maximum absolute atomic E-state index is 13.3. The van der Waals surface area contributed by atoms with Gasteiger partial charge in [0.25, 0.3) is 0 Å². The molecule has 0 aromatic carbocycles. The second-order valence-electron chi connectivity index (χ2n) is 9.50. The molecule has 1 saturated carbocycles. The first kappa shape index (κ1) is 25.0. The zero-order valence-electron chi connectivity index (χ0n) is 19.2. The zero-order valence-corrected chi connectivity index (χ0v) is 19.2. The van der Waals surface area contributed by atoms with Crippen LogP contribution >= 0.6 is 0 Å². The summed E-state index contributed by atoms with van der Waals surface area (Å²) in [7, 11) is 0. The van der Waals surface area contributed by atoms with E-state index in [-0.39, 0.29) is 17.8 Å². The fourth-order valence-electron chi connectivity index (χ4n) is 3.92. The molecule has 0 aromatic rings. The highest BCUT2D eigenvalue weighted by Gasteiger charge is 2.57. The number of ether oxygens (including phenoxy) is 3. The van der Waals surface area contributed by atoms with E-state index in [2.05, 4.69) is 6.58 Å². The Hall–Kier alpha value is -2.22. The fourth-order valence-corrected chi connectivity index (χ4v) is 3.92. The molecule has 1 heterocycles. The van der Waals surface area contributed by atoms with E-state index in [1.54, 1.807) is 34.6 Å². The summed E-state index contributed by atoms with van der Waals surface area (Å²) >= 11 is 0. The Morgan fingerprint density at radius 2 is 1.68 bits per heavy atom. The number of fused-ring (bicyclic) bond motifs is 1. The van der Waals surface area contributed by atoms with Crippen molar-refractivity contribution in [2.45, 2.75) is 84.7 Å². The van der Waals surface area contributed by atoms with Gasteiger partial charge in [-0.15, -0.1) is 0 Å². The van der Waals surface area contributed by atoms with Gasteiger partial charge in [0.2, 0.25) is 0 Å². The third-order valence-corrected chi connectivity index (χ3v) is 6.01. The minimum Gasteiger partial charge on any atom is -0.455 e. The molecule has 174 valence electrons. The minimum atomic E-state index is -1.54. The van der Waals surface area contributed by atoms with Gasteiger partial charge in [0, 0.05) is 11.5 Å². The van der Waals surface area contributed by atoms with E-state index in [4.69, 9.17) is 14.2 Å². The lowest BCUT2D eigenvalue weighted by Crippen LogP contribution is -2.55. The van der Waals surface area contributed by atoms with Gasteiger partial charge in [0.1, 0.15) is 5.60 Å². The van der Waals surface area contributed by atoms with Gasteiger partial charge in [0.05, 0.1) is 17.8 Å². The lowest BCUT2D eigenvalue weighted by Gasteiger charge is -2.40. The number of rotatable bonds is 4. The van der Waals surface area contributed by atoms with Crippen LogP contribution < -0.4 is 0 Å². The van der Waals surface area contributed by atoms with E-state index >= 15 is 0 Å². The van der Waals surface area contributed by atoms with Crippen molar-refractivity contribution >= 4 is 23.7 Å². The number of carbonyl (C=O) groups excluding carboxylic acids is 4. The second-order valence-corrected chi connectivity index (χ2v) is 9.50. The van der Waals surface area contributed by atoms with Crippen LogP contribution in [0.3, 0.4) is 0 Å². The highest BCUT2D eigenvalue weighted by atomic mass is 16.6. The van der Waals surface area contributed by atoms with Crippen molar-refractivity contribution in [1.82, 2.24) is 0 Å². The van der Waals surface area contributed by atoms with E-state index < -0.39 is 65.5 Å². The summed E-state index contributed by atoms with van der Waals surface area (Å²) in [5.74, 6) is -4.83. The maximum atomic E-state index is 13.3. The average Bonchev–Trinajstić information content (AvgIpc) is 2.96. The molecule has 1 N–H and O–H groups in total. The predicted molar refractivity (Wildman–Crippen MR) is 111 cm³/mol. The van der Waals surface area contributed by atoms with Gasteiger partial charge in [0.15, 0.2) is 24.1 Å². The second kappa shape index (κ2) is 9.51. The van der Waals surface area contributed by atoms with Crippen LogP contribution in [0.1, 0.15) is 60.8 Å². The number of hydrogen-bond acceptors (Lipinski definition) is 8. The van der Waals surface area contributed by atoms with Gasteiger partial charge in [-0.3, -0.25) is 14.4 Å². The number of Topliss-reactive ketones (excluding diaryl/α,β-unsaturated/α-hetero) is 1. The highest BCUT2D eigenvalue weighted by Crippen LogP contribution is 2.41. The monoisotopic (exact) mass is 438 g/mol. The number of carbonyl (C=O) groups is 4. The van der Waals surface area contributed by atoms with Gasteiger partial charge >= 0.3 is 17.9 Å². The molecule has 2 rings (SSSR count). The summed E-state index contributed by atoms with van der Waals surface area (Å²) in [5.41, 5.74) is -1.58. The van der Waals surface area contributed by atoms with Gasteiger partial charge in [-0.1, -0.05) is 41.2 Å². The summed E-state index contributed by atoms with van der Waals surface area (Å²) in [6.07, 6.45) is -2.66. The number of aliphatic hydroxyl groups is 1. The molecule has 0 bridgehead atoms. The molecule has 31 heavy (non-hydrogen) atoms. The van der Waals surface area contributed by atoms with Crippen LogP contribution in [0.4, 0.5) is 0 Å². The molecule has 1 saturated heterocycles. The van der Waals surface area contributed by atoms with Crippen LogP contribution in [0.5, 0.6) is 0 Å².